The molecule has 1 N–H and O–H groups in total. The average molecular weight is 411 g/mol. The molecule has 2 heterocycles. The van der Waals surface area contributed by atoms with Crippen molar-refractivity contribution in [2.45, 2.75) is 6.54 Å². The van der Waals surface area contributed by atoms with E-state index in [1.165, 1.54) is 11.1 Å². The molecule has 5 nitrogen and oxygen atoms in total. The topological polar surface area (TPSA) is 54.3 Å². The number of carbonyl (C=O) groups excluding carboxylic acids is 2. The molecule has 1 aliphatic rings. The van der Waals surface area contributed by atoms with Crippen LogP contribution in [-0.2, 0) is 16.1 Å². The van der Waals surface area contributed by atoms with Gasteiger partial charge in [-0.15, -0.1) is 0 Å². The van der Waals surface area contributed by atoms with Crippen LogP contribution in [0, 0.1) is 5.82 Å². The summed E-state index contributed by atoms with van der Waals surface area (Å²) in [5.74, 6) is -1.15. The molecule has 0 atom stereocenters. The Bertz CT molecular complexity index is 1340. The summed E-state index contributed by atoms with van der Waals surface area (Å²) >= 11 is 0. The van der Waals surface area contributed by atoms with Crippen LogP contribution in [-0.4, -0.2) is 16.4 Å². The maximum absolute atomic E-state index is 14.2. The number of hydrazine groups is 1. The van der Waals surface area contributed by atoms with Crippen LogP contribution in [0.3, 0.4) is 0 Å². The lowest BCUT2D eigenvalue weighted by Gasteiger charge is -2.13. The summed E-state index contributed by atoms with van der Waals surface area (Å²) in [6.07, 6.45) is 3.44. The van der Waals surface area contributed by atoms with Crippen molar-refractivity contribution < 1.29 is 14.0 Å². The van der Waals surface area contributed by atoms with E-state index in [-0.39, 0.29) is 11.4 Å². The van der Waals surface area contributed by atoms with Gasteiger partial charge >= 0.3 is 0 Å². The highest BCUT2D eigenvalue weighted by molar-refractivity contribution is 6.32. The van der Waals surface area contributed by atoms with Gasteiger partial charge in [0.2, 0.25) is 0 Å². The van der Waals surface area contributed by atoms with Gasteiger partial charge in [0.1, 0.15) is 11.4 Å². The lowest BCUT2D eigenvalue weighted by atomic mass is 10.1. The van der Waals surface area contributed by atoms with Crippen molar-refractivity contribution in [1.82, 2.24) is 9.99 Å². The number of para-hydroxylation sites is 2. The minimum Gasteiger partial charge on any atom is -0.342 e. The van der Waals surface area contributed by atoms with Gasteiger partial charge in [-0.2, -0.15) is 0 Å². The smallest absolute Gasteiger partial charge is 0.282 e. The van der Waals surface area contributed by atoms with Crippen LogP contribution in [0.4, 0.5) is 10.1 Å². The molecule has 0 spiro atoms. The molecular weight excluding hydrogens is 393 g/mol. The van der Waals surface area contributed by atoms with E-state index >= 15 is 0 Å². The van der Waals surface area contributed by atoms with Gasteiger partial charge in [-0.3, -0.25) is 15.0 Å². The number of anilines is 1. The Labute approximate surface area is 178 Å². The number of fused-ring (bicyclic) bond motifs is 1. The molecule has 4 aromatic rings. The number of rotatable bonds is 4. The minimum atomic E-state index is -0.459. The average Bonchev–Trinajstić information content (AvgIpc) is 3.28. The van der Waals surface area contributed by atoms with E-state index in [1.807, 2.05) is 41.1 Å². The van der Waals surface area contributed by atoms with Gasteiger partial charge in [0.25, 0.3) is 11.8 Å². The molecule has 0 radical (unpaired) electrons. The lowest BCUT2D eigenvalue weighted by molar-refractivity contribution is -0.117. The van der Waals surface area contributed by atoms with Crippen LogP contribution in [0.2, 0.25) is 0 Å². The molecule has 0 saturated carbocycles. The Kier molecular flexibility index (Phi) is 4.59. The maximum atomic E-state index is 14.2. The number of nitrogens with one attached hydrogen (secondary N) is 1. The van der Waals surface area contributed by atoms with Crippen LogP contribution < -0.4 is 10.4 Å². The number of hydrogen-bond donors (Lipinski definition) is 1. The fourth-order valence-corrected chi connectivity index (χ4v) is 3.80. The van der Waals surface area contributed by atoms with E-state index < -0.39 is 11.8 Å². The van der Waals surface area contributed by atoms with Crippen molar-refractivity contribution in [1.29, 1.82) is 0 Å². The molecule has 0 bridgehead atoms. The van der Waals surface area contributed by atoms with Gasteiger partial charge in [0.15, 0.2) is 0 Å². The molecule has 1 aromatic heterocycles. The van der Waals surface area contributed by atoms with Crippen molar-refractivity contribution in [2.75, 3.05) is 5.01 Å². The highest BCUT2D eigenvalue weighted by Gasteiger charge is 2.34. The third-order valence-electron chi connectivity index (χ3n) is 5.32. The predicted octanol–water partition coefficient (Wildman–Crippen LogP) is 4.29. The molecule has 1 fully saturated rings. The summed E-state index contributed by atoms with van der Waals surface area (Å²) in [6, 6.07) is 23.2. The van der Waals surface area contributed by atoms with E-state index in [4.69, 9.17) is 0 Å². The van der Waals surface area contributed by atoms with Crippen LogP contribution >= 0.6 is 0 Å². The fraction of sp³-hybridized carbons (Fsp3) is 0.0400. The number of aromatic nitrogens is 1. The third kappa shape index (κ3) is 3.38. The number of benzene rings is 3. The summed E-state index contributed by atoms with van der Waals surface area (Å²) in [6.45, 7) is 0.340. The largest absolute Gasteiger partial charge is 0.342 e. The molecule has 31 heavy (non-hydrogen) atoms. The highest BCUT2D eigenvalue weighted by Crippen LogP contribution is 2.27. The Morgan fingerprint density at radius 2 is 1.58 bits per heavy atom. The molecule has 2 amide bonds. The summed E-state index contributed by atoms with van der Waals surface area (Å²) in [7, 11) is 0. The Hall–Kier alpha value is -4.19. The Balaban J connectivity index is 1.55. The molecule has 0 aliphatic carbocycles. The van der Waals surface area contributed by atoms with Crippen LogP contribution in [0.5, 0.6) is 0 Å². The highest BCUT2D eigenvalue weighted by atomic mass is 19.1. The summed E-state index contributed by atoms with van der Waals surface area (Å²) in [4.78, 5) is 25.5. The second-order valence-corrected chi connectivity index (χ2v) is 7.30. The standard InChI is InChI=1S/C25H18FN3O2/c26-22-12-6-4-8-17(22)15-28-16-18(20-11-5-7-13-23(20)28)14-21-24(30)27-29(25(21)31)19-9-2-1-3-10-19/h1-14,16H,15H2,(H,27,30)/b21-14+. The number of nitrogens with zero attached hydrogens (tertiary/aromatic N) is 2. The normalized spacial score (nSPS) is 15.1. The number of carbonyl (C=O) groups is 2. The summed E-state index contributed by atoms with van der Waals surface area (Å²) in [5, 5.41) is 2.12. The van der Waals surface area contributed by atoms with Gasteiger partial charge < -0.3 is 4.57 Å². The molecule has 1 saturated heterocycles. The van der Waals surface area contributed by atoms with Gasteiger partial charge in [-0.1, -0.05) is 54.6 Å². The van der Waals surface area contributed by atoms with Crippen molar-refractivity contribution in [3.63, 3.8) is 0 Å². The van der Waals surface area contributed by atoms with E-state index in [1.54, 1.807) is 48.5 Å². The first kappa shape index (κ1) is 18.8. The minimum absolute atomic E-state index is 0.0534. The fourth-order valence-electron chi connectivity index (χ4n) is 3.80. The van der Waals surface area contributed by atoms with E-state index in [2.05, 4.69) is 5.43 Å². The molecule has 1 aliphatic heterocycles. The first-order chi connectivity index (χ1) is 15.1. The van der Waals surface area contributed by atoms with Crippen LogP contribution in [0.25, 0.3) is 17.0 Å². The zero-order valence-electron chi connectivity index (χ0n) is 16.5. The van der Waals surface area contributed by atoms with Gasteiger partial charge in [0, 0.05) is 28.2 Å². The predicted molar refractivity (Wildman–Crippen MR) is 117 cm³/mol. The number of hydrogen-bond acceptors (Lipinski definition) is 2. The zero-order chi connectivity index (χ0) is 21.4. The number of amides is 2. The van der Waals surface area contributed by atoms with E-state index in [0.29, 0.717) is 17.8 Å². The molecule has 5 rings (SSSR count). The van der Waals surface area contributed by atoms with Crippen molar-refractivity contribution in [3.05, 3.63) is 108 Å². The summed E-state index contributed by atoms with van der Waals surface area (Å²) < 4.78 is 16.1. The Morgan fingerprint density at radius 1 is 0.871 bits per heavy atom. The third-order valence-corrected chi connectivity index (χ3v) is 5.32. The van der Waals surface area contributed by atoms with Crippen LogP contribution in [0.15, 0.2) is 90.6 Å². The van der Waals surface area contributed by atoms with Gasteiger partial charge in [-0.05, 0) is 30.3 Å². The monoisotopic (exact) mass is 411 g/mol. The zero-order valence-corrected chi connectivity index (χ0v) is 16.5. The molecule has 3 aromatic carbocycles. The van der Waals surface area contributed by atoms with Crippen molar-refractivity contribution >= 4 is 34.5 Å². The first-order valence-corrected chi connectivity index (χ1v) is 9.85. The molecule has 0 unspecified atom stereocenters. The second-order valence-electron chi connectivity index (χ2n) is 7.30. The molecule has 6 heteroatoms. The maximum Gasteiger partial charge on any atom is 0.282 e. The quantitative estimate of drug-likeness (QED) is 0.402. The van der Waals surface area contributed by atoms with E-state index in [0.717, 1.165) is 16.5 Å². The summed E-state index contributed by atoms with van der Waals surface area (Å²) in [5.41, 5.74) is 5.43. The molecule has 152 valence electrons. The second kappa shape index (κ2) is 7.57. The lowest BCUT2D eigenvalue weighted by Crippen LogP contribution is -2.35. The van der Waals surface area contributed by atoms with Crippen molar-refractivity contribution in [2.24, 2.45) is 0 Å². The van der Waals surface area contributed by atoms with Gasteiger partial charge in [0.05, 0.1) is 12.2 Å². The SMILES string of the molecule is O=C1NN(c2ccccc2)C(=O)/C1=C/c1cn(Cc2ccccc2F)c2ccccc12. The van der Waals surface area contributed by atoms with Crippen LogP contribution in [0.1, 0.15) is 11.1 Å². The van der Waals surface area contributed by atoms with E-state index in [9.17, 15) is 14.0 Å². The van der Waals surface area contributed by atoms with Crippen molar-refractivity contribution in [3.8, 4) is 0 Å². The van der Waals surface area contributed by atoms with Gasteiger partial charge in [-0.25, -0.2) is 9.40 Å². The molecular formula is C25H18FN3O2. The number of halogens is 1. The Morgan fingerprint density at radius 3 is 2.39 bits per heavy atom. The first-order valence-electron chi connectivity index (χ1n) is 9.85.